The second-order valence-corrected chi connectivity index (χ2v) is 7.45. The summed E-state index contributed by atoms with van der Waals surface area (Å²) in [6.07, 6.45) is 4.18. The number of hydrogen-bond donors (Lipinski definition) is 1. The molecule has 1 aromatic carbocycles. The van der Waals surface area contributed by atoms with Crippen LogP contribution >= 0.6 is 0 Å². The summed E-state index contributed by atoms with van der Waals surface area (Å²) < 4.78 is 0. The van der Waals surface area contributed by atoms with E-state index in [0.717, 1.165) is 49.1 Å². The topological polar surface area (TPSA) is 56.1 Å². The number of aryl methyl sites for hydroxylation is 1. The molecule has 2 unspecified atom stereocenters. The number of rotatable bonds is 1. The first-order chi connectivity index (χ1) is 12.0. The van der Waals surface area contributed by atoms with Gasteiger partial charge in [-0.25, -0.2) is 4.79 Å². The number of carbonyl (C=O) groups is 1. The lowest BCUT2D eigenvalue weighted by atomic mass is 9.79. The third-order valence-electron chi connectivity index (χ3n) is 5.60. The fraction of sp³-hybridized carbons (Fsp3) is 0.500. The molecule has 25 heavy (non-hydrogen) atoms. The molecular formula is C20H25N3O2. The van der Waals surface area contributed by atoms with E-state index in [1.54, 1.807) is 9.91 Å². The number of hydrogen-bond acceptors (Lipinski definition) is 3. The van der Waals surface area contributed by atoms with E-state index in [0.29, 0.717) is 6.54 Å². The number of aliphatic hydroxyl groups excluding tert-OH is 1. The van der Waals surface area contributed by atoms with Crippen molar-refractivity contribution in [3.63, 3.8) is 0 Å². The molecule has 5 nitrogen and oxygen atoms in total. The van der Waals surface area contributed by atoms with Crippen molar-refractivity contribution in [1.29, 1.82) is 0 Å². The summed E-state index contributed by atoms with van der Waals surface area (Å²) in [5, 5.41) is 16.5. The summed E-state index contributed by atoms with van der Waals surface area (Å²) in [4.78, 5) is 14.2. The smallest absolute Gasteiger partial charge is 0.345 e. The third kappa shape index (κ3) is 2.86. The van der Waals surface area contributed by atoms with Crippen LogP contribution in [0.2, 0.25) is 0 Å². The SMILES string of the molecule is Cc1ccc(C2=NN3C(=O)N(C)CC3=C3CCC(O)CCCC23)cc1. The van der Waals surface area contributed by atoms with E-state index in [-0.39, 0.29) is 18.1 Å². The lowest BCUT2D eigenvalue weighted by molar-refractivity contribution is 0.145. The maximum absolute atomic E-state index is 12.5. The molecule has 1 saturated carbocycles. The van der Waals surface area contributed by atoms with Gasteiger partial charge < -0.3 is 10.0 Å². The van der Waals surface area contributed by atoms with Crippen LogP contribution in [0, 0.1) is 12.8 Å². The molecule has 3 aliphatic rings. The molecule has 1 aromatic rings. The number of likely N-dealkylation sites (N-methyl/N-ethyl adjacent to an activating group) is 1. The summed E-state index contributed by atoms with van der Waals surface area (Å²) in [5.74, 6) is 0.251. The number of hydrazone groups is 1. The van der Waals surface area contributed by atoms with Crippen molar-refractivity contribution in [2.24, 2.45) is 11.0 Å². The van der Waals surface area contributed by atoms with Gasteiger partial charge in [0.15, 0.2) is 0 Å². The standard InChI is InChI=1S/C20H25N3O2/c1-13-6-8-14(9-7-13)19-17-5-3-4-15(24)10-11-16(17)18-12-22(2)20(25)23(18)21-19/h6-9,15,17,24H,3-5,10-12H2,1-2H3. The van der Waals surface area contributed by atoms with Crippen LogP contribution < -0.4 is 0 Å². The van der Waals surface area contributed by atoms with Crippen molar-refractivity contribution in [2.45, 2.75) is 45.1 Å². The average Bonchev–Trinajstić information content (AvgIpc) is 2.86. The van der Waals surface area contributed by atoms with E-state index in [2.05, 4.69) is 31.2 Å². The fourth-order valence-corrected chi connectivity index (χ4v) is 4.16. The fourth-order valence-electron chi connectivity index (χ4n) is 4.16. The summed E-state index contributed by atoms with van der Waals surface area (Å²) in [5.41, 5.74) is 5.63. The Morgan fingerprint density at radius 2 is 1.92 bits per heavy atom. The lowest BCUT2D eigenvalue weighted by Gasteiger charge is -2.33. The highest BCUT2D eigenvalue weighted by molar-refractivity contribution is 6.05. The van der Waals surface area contributed by atoms with Crippen LogP contribution in [0.4, 0.5) is 4.79 Å². The zero-order chi connectivity index (χ0) is 17.6. The van der Waals surface area contributed by atoms with Crippen LogP contribution in [0.15, 0.2) is 40.6 Å². The minimum absolute atomic E-state index is 0.0619. The van der Waals surface area contributed by atoms with Crippen molar-refractivity contribution < 1.29 is 9.90 Å². The number of aliphatic hydroxyl groups is 1. The van der Waals surface area contributed by atoms with Gasteiger partial charge in [0, 0.05) is 13.0 Å². The van der Waals surface area contributed by atoms with Crippen LogP contribution in [-0.2, 0) is 0 Å². The molecule has 0 aromatic heterocycles. The molecule has 1 saturated heterocycles. The summed E-state index contributed by atoms with van der Waals surface area (Å²) in [7, 11) is 1.82. The monoisotopic (exact) mass is 339 g/mol. The molecule has 2 atom stereocenters. The van der Waals surface area contributed by atoms with Gasteiger partial charge in [-0.15, -0.1) is 0 Å². The molecule has 2 fully saturated rings. The zero-order valence-electron chi connectivity index (χ0n) is 14.9. The maximum Gasteiger partial charge on any atom is 0.345 e. The molecule has 2 amide bonds. The van der Waals surface area contributed by atoms with Crippen LogP contribution in [0.25, 0.3) is 0 Å². The molecule has 0 spiro atoms. The number of allylic oxidation sites excluding steroid dienone is 1. The number of amides is 2. The maximum atomic E-state index is 12.5. The molecule has 2 aliphatic heterocycles. The quantitative estimate of drug-likeness (QED) is 0.854. The van der Waals surface area contributed by atoms with Gasteiger partial charge in [0.05, 0.1) is 24.1 Å². The Bertz CT molecular complexity index is 751. The Balaban J connectivity index is 1.79. The van der Waals surface area contributed by atoms with E-state index >= 15 is 0 Å². The average molecular weight is 339 g/mol. The van der Waals surface area contributed by atoms with E-state index in [1.165, 1.54) is 11.1 Å². The summed E-state index contributed by atoms with van der Waals surface area (Å²) in [6.45, 7) is 2.69. The van der Waals surface area contributed by atoms with Crippen LogP contribution in [0.3, 0.4) is 0 Å². The van der Waals surface area contributed by atoms with Crippen LogP contribution in [0.1, 0.15) is 43.2 Å². The molecule has 0 radical (unpaired) electrons. The van der Waals surface area contributed by atoms with Gasteiger partial charge in [0.1, 0.15) is 0 Å². The molecule has 1 aliphatic carbocycles. The Hall–Kier alpha value is -2.14. The lowest BCUT2D eigenvalue weighted by Crippen LogP contribution is -2.34. The number of benzene rings is 1. The van der Waals surface area contributed by atoms with Crippen LogP contribution in [0.5, 0.6) is 0 Å². The second-order valence-electron chi connectivity index (χ2n) is 7.45. The Kier molecular flexibility index (Phi) is 4.12. The second kappa shape index (κ2) is 6.30. The Labute approximate surface area is 148 Å². The van der Waals surface area contributed by atoms with Gasteiger partial charge in [-0.3, -0.25) is 0 Å². The van der Waals surface area contributed by atoms with E-state index in [4.69, 9.17) is 5.10 Å². The minimum atomic E-state index is -0.237. The van der Waals surface area contributed by atoms with Crippen LogP contribution in [-0.4, -0.2) is 46.5 Å². The predicted molar refractivity (Wildman–Crippen MR) is 97.2 cm³/mol. The molecule has 4 rings (SSSR count). The summed E-state index contributed by atoms with van der Waals surface area (Å²) in [6, 6.07) is 8.35. The molecule has 0 bridgehead atoms. The molecule has 5 heteroatoms. The molecule has 132 valence electrons. The third-order valence-corrected chi connectivity index (χ3v) is 5.60. The first kappa shape index (κ1) is 16.3. The van der Waals surface area contributed by atoms with Crippen molar-refractivity contribution in [1.82, 2.24) is 9.91 Å². The van der Waals surface area contributed by atoms with Crippen molar-refractivity contribution in [3.05, 3.63) is 46.7 Å². The molecule has 1 N–H and O–H groups in total. The highest BCUT2D eigenvalue weighted by Crippen LogP contribution is 2.39. The van der Waals surface area contributed by atoms with Crippen molar-refractivity contribution >= 4 is 11.7 Å². The predicted octanol–water partition coefficient (Wildman–Crippen LogP) is 3.28. The molecule has 2 heterocycles. The van der Waals surface area contributed by atoms with E-state index < -0.39 is 0 Å². The number of fused-ring (bicyclic) bond motifs is 2. The number of nitrogens with zero attached hydrogens (tertiary/aromatic N) is 3. The largest absolute Gasteiger partial charge is 0.393 e. The van der Waals surface area contributed by atoms with Gasteiger partial charge >= 0.3 is 6.03 Å². The molecular weight excluding hydrogens is 314 g/mol. The van der Waals surface area contributed by atoms with Gasteiger partial charge in [0.25, 0.3) is 0 Å². The Morgan fingerprint density at radius 1 is 1.16 bits per heavy atom. The highest BCUT2D eigenvalue weighted by Gasteiger charge is 2.40. The van der Waals surface area contributed by atoms with Gasteiger partial charge in [-0.2, -0.15) is 10.1 Å². The number of carbonyl (C=O) groups excluding carboxylic acids is 1. The highest BCUT2D eigenvalue weighted by atomic mass is 16.3. The zero-order valence-corrected chi connectivity index (χ0v) is 14.9. The van der Waals surface area contributed by atoms with Gasteiger partial charge in [0.2, 0.25) is 0 Å². The first-order valence-corrected chi connectivity index (χ1v) is 9.15. The number of urea groups is 1. The van der Waals surface area contributed by atoms with Crippen molar-refractivity contribution in [2.75, 3.05) is 13.6 Å². The van der Waals surface area contributed by atoms with Crippen molar-refractivity contribution in [3.8, 4) is 0 Å². The minimum Gasteiger partial charge on any atom is -0.393 e. The van der Waals surface area contributed by atoms with Gasteiger partial charge in [-0.1, -0.05) is 29.8 Å². The first-order valence-electron chi connectivity index (χ1n) is 9.15. The summed E-state index contributed by atoms with van der Waals surface area (Å²) >= 11 is 0. The van der Waals surface area contributed by atoms with E-state index in [1.807, 2.05) is 7.05 Å². The van der Waals surface area contributed by atoms with Gasteiger partial charge in [-0.05, 0) is 50.2 Å². The normalized spacial score (nSPS) is 26.8. The van der Waals surface area contributed by atoms with E-state index in [9.17, 15) is 9.90 Å². The Morgan fingerprint density at radius 3 is 2.68 bits per heavy atom.